The molecule has 0 aromatic carbocycles. The van der Waals surface area contributed by atoms with Crippen molar-refractivity contribution in [1.29, 1.82) is 0 Å². The average Bonchev–Trinajstić information content (AvgIpc) is 2.86. The molecular formula is C8H8N4O2. The second-order valence-corrected chi connectivity index (χ2v) is 2.57. The van der Waals surface area contributed by atoms with Gasteiger partial charge < -0.3 is 9.72 Å². The van der Waals surface area contributed by atoms with Crippen molar-refractivity contribution in [2.45, 2.75) is 0 Å². The van der Waals surface area contributed by atoms with Gasteiger partial charge in [-0.2, -0.15) is 0 Å². The van der Waals surface area contributed by atoms with Gasteiger partial charge in [0.25, 0.3) is 0 Å². The summed E-state index contributed by atoms with van der Waals surface area (Å²) >= 11 is 0. The van der Waals surface area contributed by atoms with Gasteiger partial charge in [-0.1, -0.05) is 0 Å². The Bertz CT molecular complexity index is 432. The minimum Gasteiger partial charge on any atom is -0.452 e. The van der Waals surface area contributed by atoms with E-state index < -0.39 is 6.09 Å². The fourth-order valence-electron chi connectivity index (χ4n) is 1.06. The molecule has 0 amide bonds. The monoisotopic (exact) mass is 192 g/mol. The standard InChI is InChI=1S/C8H8N4O2/c1-14-8(13)12-4-6(11-5-12)7-9-2-3-10-7/h2-5H,1H3,(H,9,10). The van der Waals surface area contributed by atoms with E-state index in [4.69, 9.17) is 0 Å². The minimum atomic E-state index is -0.477. The van der Waals surface area contributed by atoms with Gasteiger partial charge in [-0.15, -0.1) is 0 Å². The lowest BCUT2D eigenvalue weighted by Gasteiger charge is -1.95. The van der Waals surface area contributed by atoms with Crippen LogP contribution in [-0.2, 0) is 4.74 Å². The second-order valence-electron chi connectivity index (χ2n) is 2.57. The third-order valence-corrected chi connectivity index (χ3v) is 1.71. The number of nitrogens with one attached hydrogen (secondary N) is 1. The van der Waals surface area contributed by atoms with E-state index in [0.29, 0.717) is 11.5 Å². The molecule has 0 spiro atoms. The number of imidazole rings is 2. The number of rotatable bonds is 1. The molecule has 6 nitrogen and oxygen atoms in total. The maximum absolute atomic E-state index is 11.1. The van der Waals surface area contributed by atoms with Crippen LogP contribution in [0.3, 0.4) is 0 Å². The summed E-state index contributed by atoms with van der Waals surface area (Å²) in [6.07, 6.45) is 5.75. The first-order valence-electron chi connectivity index (χ1n) is 3.93. The highest BCUT2D eigenvalue weighted by Crippen LogP contribution is 2.10. The summed E-state index contributed by atoms with van der Waals surface area (Å²) in [7, 11) is 1.31. The summed E-state index contributed by atoms with van der Waals surface area (Å²) in [6, 6.07) is 0. The van der Waals surface area contributed by atoms with Crippen LogP contribution >= 0.6 is 0 Å². The van der Waals surface area contributed by atoms with Crippen molar-refractivity contribution in [3.63, 3.8) is 0 Å². The van der Waals surface area contributed by atoms with Crippen molar-refractivity contribution in [3.8, 4) is 11.5 Å². The van der Waals surface area contributed by atoms with Gasteiger partial charge >= 0.3 is 6.09 Å². The first-order chi connectivity index (χ1) is 6.81. The minimum absolute atomic E-state index is 0.477. The third-order valence-electron chi connectivity index (χ3n) is 1.71. The molecule has 2 aromatic heterocycles. The third kappa shape index (κ3) is 1.37. The number of hydrogen-bond donors (Lipinski definition) is 1. The fourth-order valence-corrected chi connectivity index (χ4v) is 1.06. The van der Waals surface area contributed by atoms with Crippen LogP contribution in [0.15, 0.2) is 24.9 Å². The zero-order chi connectivity index (χ0) is 9.97. The zero-order valence-electron chi connectivity index (χ0n) is 7.47. The second kappa shape index (κ2) is 3.33. The summed E-state index contributed by atoms with van der Waals surface area (Å²) in [5, 5.41) is 0. The number of carbonyl (C=O) groups excluding carboxylic acids is 1. The molecule has 0 saturated carbocycles. The lowest BCUT2D eigenvalue weighted by atomic mass is 10.5. The molecule has 0 saturated heterocycles. The summed E-state index contributed by atoms with van der Waals surface area (Å²) in [5.74, 6) is 0.618. The van der Waals surface area contributed by atoms with E-state index >= 15 is 0 Å². The number of methoxy groups -OCH3 is 1. The molecule has 0 aliphatic rings. The van der Waals surface area contributed by atoms with E-state index in [1.54, 1.807) is 18.6 Å². The highest BCUT2D eigenvalue weighted by atomic mass is 16.5. The first kappa shape index (κ1) is 8.49. The lowest BCUT2D eigenvalue weighted by Crippen LogP contribution is -2.08. The first-order valence-corrected chi connectivity index (χ1v) is 3.93. The summed E-state index contributed by atoms with van der Waals surface area (Å²) < 4.78 is 5.77. The number of hydrogen-bond acceptors (Lipinski definition) is 4. The molecular weight excluding hydrogens is 184 g/mol. The Morgan fingerprint density at radius 3 is 3.07 bits per heavy atom. The fraction of sp³-hybridized carbons (Fsp3) is 0.125. The Morgan fingerprint density at radius 2 is 2.43 bits per heavy atom. The highest BCUT2D eigenvalue weighted by molar-refractivity contribution is 5.71. The van der Waals surface area contributed by atoms with Gasteiger partial charge in [0.05, 0.1) is 7.11 Å². The van der Waals surface area contributed by atoms with Crippen molar-refractivity contribution >= 4 is 6.09 Å². The SMILES string of the molecule is COC(=O)n1cnc(-c2ncc[nH]2)c1. The lowest BCUT2D eigenvalue weighted by molar-refractivity contribution is 0.173. The van der Waals surface area contributed by atoms with Gasteiger partial charge in [0.2, 0.25) is 0 Å². The number of carbonyl (C=O) groups is 1. The number of ether oxygens (including phenoxy) is 1. The van der Waals surface area contributed by atoms with Gasteiger partial charge in [0, 0.05) is 18.6 Å². The molecule has 0 atom stereocenters. The largest absolute Gasteiger partial charge is 0.452 e. The van der Waals surface area contributed by atoms with E-state index in [0.717, 1.165) is 0 Å². The quantitative estimate of drug-likeness (QED) is 0.728. The van der Waals surface area contributed by atoms with Crippen LogP contribution < -0.4 is 0 Å². The smallest absolute Gasteiger partial charge is 0.418 e. The van der Waals surface area contributed by atoms with Crippen LogP contribution in [0.25, 0.3) is 11.5 Å². The Balaban J connectivity index is 2.31. The average molecular weight is 192 g/mol. The maximum atomic E-state index is 11.1. The van der Waals surface area contributed by atoms with Crippen LogP contribution in [0.1, 0.15) is 0 Å². The number of aromatic amines is 1. The molecule has 0 unspecified atom stereocenters. The van der Waals surface area contributed by atoms with Crippen molar-refractivity contribution in [3.05, 3.63) is 24.9 Å². The van der Waals surface area contributed by atoms with Crippen molar-refractivity contribution < 1.29 is 9.53 Å². The van der Waals surface area contributed by atoms with Gasteiger partial charge in [-0.05, 0) is 0 Å². The van der Waals surface area contributed by atoms with Crippen molar-refractivity contribution in [2.75, 3.05) is 7.11 Å². The topological polar surface area (TPSA) is 72.8 Å². The summed E-state index contributed by atoms with van der Waals surface area (Å²) in [4.78, 5) is 21.9. The highest BCUT2D eigenvalue weighted by Gasteiger charge is 2.08. The molecule has 2 aromatic rings. The van der Waals surface area contributed by atoms with Crippen molar-refractivity contribution in [2.24, 2.45) is 0 Å². The van der Waals surface area contributed by atoms with Crippen LogP contribution in [0.4, 0.5) is 4.79 Å². The van der Waals surface area contributed by atoms with E-state index in [2.05, 4.69) is 19.7 Å². The molecule has 0 bridgehead atoms. The van der Waals surface area contributed by atoms with Gasteiger partial charge in [-0.3, -0.25) is 0 Å². The number of aromatic nitrogens is 4. The molecule has 0 radical (unpaired) electrons. The molecule has 0 fully saturated rings. The number of H-pyrrole nitrogens is 1. The Kier molecular flexibility index (Phi) is 2.02. The summed E-state index contributed by atoms with van der Waals surface area (Å²) in [6.45, 7) is 0. The zero-order valence-corrected chi connectivity index (χ0v) is 7.47. The maximum Gasteiger partial charge on any atom is 0.418 e. The van der Waals surface area contributed by atoms with E-state index in [1.807, 2.05) is 0 Å². The number of nitrogens with zero attached hydrogens (tertiary/aromatic N) is 3. The Morgan fingerprint density at radius 1 is 1.57 bits per heavy atom. The van der Waals surface area contributed by atoms with Gasteiger partial charge in [0.1, 0.15) is 12.0 Å². The van der Waals surface area contributed by atoms with E-state index in [1.165, 1.54) is 18.0 Å². The van der Waals surface area contributed by atoms with E-state index in [-0.39, 0.29) is 0 Å². The molecule has 6 heteroatoms. The molecule has 14 heavy (non-hydrogen) atoms. The predicted octanol–water partition coefficient (Wildman–Crippen LogP) is 0.888. The van der Waals surface area contributed by atoms with Crippen LogP contribution in [-0.4, -0.2) is 32.7 Å². The van der Waals surface area contributed by atoms with Crippen LogP contribution in [0, 0.1) is 0 Å². The van der Waals surface area contributed by atoms with Crippen LogP contribution in [0.2, 0.25) is 0 Å². The molecule has 72 valence electrons. The summed E-state index contributed by atoms with van der Waals surface area (Å²) in [5.41, 5.74) is 0.598. The van der Waals surface area contributed by atoms with Crippen molar-refractivity contribution in [1.82, 2.24) is 19.5 Å². The Hall–Kier alpha value is -2.11. The predicted molar refractivity (Wildman–Crippen MR) is 47.6 cm³/mol. The van der Waals surface area contributed by atoms with Gasteiger partial charge in [0.15, 0.2) is 5.82 Å². The molecule has 0 aliphatic heterocycles. The van der Waals surface area contributed by atoms with Crippen LogP contribution in [0.5, 0.6) is 0 Å². The van der Waals surface area contributed by atoms with Gasteiger partial charge in [-0.25, -0.2) is 19.3 Å². The normalized spacial score (nSPS) is 10.1. The molecule has 1 N–H and O–H groups in total. The molecule has 0 aliphatic carbocycles. The molecule has 2 heterocycles. The Labute approximate surface area is 79.6 Å². The molecule has 2 rings (SSSR count). The van der Waals surface area contributed by atoms with E-state index in [9.17, 15) is 4.79 Å².